The maximum absolute atomic E-state index is 12.3. The lowest BCUT2D eigenvalue weighted by Gasteiger charge is -2.08. The fourth-order valence-electron chi connectivity index (χ4n) is 1.99. The molecule has 0 aliphatic carbocycles. The van der Waals surface area contributed by atoms with Crippen molar-refractivity contribution in [2.75, 3.05) is 5.32 Å². The largest absolute Gasteiger partial charge is 0.322 e. The number of benzene rings is 2. The Morgan fingerprint density at radius 1 is 1.10 bits per heavy atom. The van der Waals surface area contributed by atoms with Crippen molar-refractivity contribution in [3.05, 3.63) is 76.1 Å². The third kappa shape index (κ3) is 3.13. The zero-order chi connectivity index (χ0) is 14.7. The average Bonchev–Trinajstić information content (AvgIpc) is 3.02. The summed E-state index contributed by atoms with van der Waals surface area (Å²) in [6, 6.07) is 16.9. The lowest BCUT2D eigenvalue weighted by molar-refractivity contribution is 0.102. The van der Waals surface area contributed by atoms with Crippen LogP contribution in [-0.4, -0.2) is 15.7 Å². The van der Waals surface area contributed by atoms with E-state index in [1.54, 1.807) is 10.9 Å². The third-order valence-corrected chi connectivity index (χ3v) is 3.93. The maximum atomic E-state index is 12.3. The van der Waals surface area contributed by atoms with Crippen LogP contribution in [0.1, 0.15) is 10.4 Å². The van der Waals surface area contributed by atoms with Gasteiger partial charge in [0.25, 0.3) is 5.91 Å². The minimum absolute atomic E-state index is 0.113. The Bertz CT molecular complexity index is 769. The summed E-state index contributed by atoms with van der Waals surface area (Å²) >= 11 is 2.16. The van der Waals surface area contributed by atoms with Crippen LogP contribution in [0.4, 0.5) is 5.69 Å². The zero-order valence-electron chi connectivity index (χ0n) is 11.0. The summed E-state index contributed by atoms with van der Waals surface area (Å²) in [5.74, 6) is -0.113. The molecule has 0 unspecified atom stereocenters. The van der Waals surface area contributed by atoms with E-state index in [0.717, 1.165) is 14.9 Å². The van der Waals surface area contributed by atoms with Gasteiger partial charge < -0.3 is 5.32 Å². The molecule has 104 valence electrons. The van der Waals surface area contributed by atoms with E-state index in [0.29, 0.717) is 5.56 Å². The molecule has 2 aromatic carbocycles. The molecule has 1 aromatic heterocycles. The Hall–Kier alpha value is -2.15. The van der Waals surface area contributed by atoms with Gasteiger partial charge in [-0.2, -0.15) is 5.10 Å². The fraction of sp³-hybridized carbons (Fsp3) is 0. The zero-order valence-corrected chi connectivity index (χ0v) is 13.2. The molecule has 4 nitrogen and oxygen atoms in total. The normalized spacial score (nSPS) is 10.3. The highest BCUT2D eigenvalue weighted by Crippen LogP contribution is 2.17. The van der Waals surface area contributed by atoms with Gasteiger partial charge in [0.2, 0.25) is 0 Å². The van der Waals surface area contributed by atoms with Crippen molar-refractivity contribution in [3.8, 4) is 5.69 Å². The van der Waals surface area contributed by atoms with Crippen molar-refractivity contribution >= 4 is 34.2 Å². The lowest BCUT2D eigenvalue weighted by atomic mass is 10.2. The number of amides is 1. The Kier molecular flexibility index (Phi) is 4.01. The number of anilines is 1. The summed E-state index contributed by atoms with van der Waals surface area (Å²) in [5.41, 5.74) is 2.32. The van der Waals surface area contributed by atoms with Gasteiger partial charge in [-0.3, -0.25) is 4.79 Å². The smallest absolute Gasteiger partial charge is 0.256 e. The first-order valence-corrected chi connectivity index (χ1v) is 7.48. The van der Waals surface area contributed by atoms with E-state index in [1.165, 1.54) is 0 Å². The monoisotopic (exact) mass is 389 g/mol. The quantitative estimate of drug-likeness (QED) is 0.694. The number of rotatable bonds is 3. The van der Waals surface area contributed by atoms with Crippen molar-refractivity contribution in [2.24, 2.45) is 0 Å². The van der Waals surface area contributed by atoms with Gasteiger partial charge >= 0.3 is 0 Å². The second kappa shape index (κ2) is 6.09. The number of nitrogens with one attached hydrogen (secondary N) is 1. The van der Waals surface area contributed by atoms with Crippen LogP contribution >= 0.6 is 22.6 Å². The number of hydrogen-bond donors (Lipinski definition) is 1. The molecule has 3 rings (SSSR count). The van der Waals surface area contributed by atoms with Crippen LogP contribution in [0.15, 0.2) is 67.0 Å². The first kappa shape index (κ1) is 13.8. The van der Waals surface area contributed by atoms with Crippen LogP contribution in [0.3, 0.4) is 0 Å². The maximum Gasteiger partial charge on any atom is 0.256 e. The molecule has 0 saturated carbocycles. The van der Waals surface area contributed by atoms with Crippen molar-refractivity contribution in [1.82, 2.24) is 9.78 Å². The van der Waals surface area contributed by atoms with Gasteiger partial charge in [-0.05, 0) is 59.0 Å². The molecule has 3 aromatic rings. The molecule has 0 aliphatic rings. The topological polar surface area (TPSA) is 46.9 Å². The second-order valence-electron chi connectivity index (χ2n) is 4.43. The standard InChI is InChI=1S/C16H12IN3O/c17-15-8-2-1-7-14(15)16(21)19-12-5-3-6-13(11-12)20-10-4-9-18-20/h1-11H,(H,19,21). The van der Waals surface area contributed by atoms with E-state index < -0.39 is 0 Å². The van der Waals surface area contributed by atoms with Crippen LogP contribution in [0.2, 0.25) is 0 Å². The van der Waals surface area contributed by atoms with Gasteiger partial charge in [-0.1, -0.05) is 18.2 Å². The highest BCUT2D eigenvalue weighted by Gasteiger charge is 2.09. The van der Waals surface area contributed by atoms with E-state index >= 15 is 0 Å². The molecule has 21 heavy (non-hydrogen) atoms. The Balaban J connectivity index is 1.84. The molecule has 0 fully saturated rings. The van der Waals surface area contributed by atoms with Crippen LogP contribution < -0.4 is 5.32 Å². The molecule has 1 heterocycles. The number of carbonyl (C=O) groups excluding carboxylic acids is 1. The number of hydrogen-bond acceptors (Lipinski definition) is 2. The summed E-state index contributed by atoms with van der Waals surface area (Å²) in [6.07, 6.45) is 3.58. The first-order valence-electron chi connectivity index (χ1n) is 6.40. The van der Waals surface area contributed by atoms with E-state index in [2.05, 4.69) is 33.0 Å². The van der Waals surface area contributed by atoms with Gasteiger partial charge in [0, 0.05) is 21.7 Å². The third-order valence-electron chi connectivity index (χ3n) is 2.99. The molecule has 0 atom stereocenters. The second-order valence-corrected chi connectivity index (χ2v) is 5.60. The Labute approximate surface area is 135 Å². The predicted octanol–water partition coefficient (Wildman–Crippen LogP) is 3.73. The SMILES string of the molecule is O=C(Nc1cccc(-n2cccn2)c1)c1ccccc1I. The summed E-state index contributed by atoms with van der Waals surface area (Å²) in [4.78, 5) is 12.3. The molecule has 0 spiro atoms. The Morgan fingerprint density at radius 3 is 2.71 bits per heavy atom. The lowest BCUT2D eigenvalue weighted by Crippen LogP contribution is -2.13. The molecular weight excluding hydrogens is 377 g/mol. The van der Waals surface area contributed by atoms with Crippen molar-refractivity contribution in [1.29, 1.82) is 0 Å². The Morgan fingerprint density at radius 2 is 1.95 bits per heavy atom. The van der Waals surface area contributed by atoms with E-state index in [-0.39, 0.29) is 5.91 Å². The fourth-order valence-corrected chi connectivity index (χ4v) is 2.62. The molecule has 0 bridgehead atoms. The molecule has 0 aliphatic heterocycles. The van der Waals surface area contributed by atoms with Crippen LogP contribution in [-0.2, 0) is 0 Å². The van der Waals surface area contributed by atoms with E-state index in [1.807, 2.05) is 60.8 Å². The molecular formula is C16H12IN3O. The molecule has 0 radical (unpaired) electrons. The average molecular weight is 389 g/mol. The highest BCUT2D eigenvalue weighted by molar-refractivity contribution is 14.1. The van der Waals surface area contributed by atoms with Crippen molar-refractivity contribution < 1.29 is 4.79 Å². The van der Waals surface area contributed by atoms with Gasteiger partial charge in [-0.15, -0.1) is 0 Å². The summed E-state index contributed by atoms with van der Waals surface area (Å²) in [6.45, 7) is 0. The van der Waals surface area contributed by atoms with Gasteiger partial charge in [0.1, 0.15) is 0 Å². The van der Waals surface area contributed by atoms with Crippen molar-refractivity contribution in [2.45, 2.75) is 0 Å². The first-order chi connectivity index (χ1) is 10.2. The van der Waals surface area contributed by atoms with Gasteiger partial charge in [0.15, 0.2) is 0 Å². The molecule has 5 heteroatoms. The summed E-state index contributed by atoms with van der Waals surface area (Å²) in [7, 11) is 0. The van der Waals surface area contributed by atoms with Gasteiger partial charge in [-0.25, -0.2) is 4.68 Å². The number of halogens is 1. The van der Waals surface area contributed by atoms with Crippen LogP contribution in [0.25, 0.3) is 5.69 Å². The molecule has 0 saturated heterocycles. The minimum Gasteiger partial charge on any atom is -0.322 e. The minimum atomic E-state index is -0.113. The van der Waals surface area contributed by atoms with E-state index in [9.17, 15) is 4.79 Å². The van der Waals surface area contributed by atoms with E-state index in [4.69, 9.17) is 0 Å². The predicted molar refractivity (Wildman–Crippen MR) is 90.7 cm³/mol. The number of carbonyl (C=O) groups is 1. The highest BCUT2D eigenvalue weighted by atomic mass is 127. The number of nitrogens with zero attached hydrogens (tertiary/aromatic N) is 2. The van der Waals surface area contributed by atoms with Crippen molar-refractivity contribution in [3.63, 3.8) is 0 Å². The summed E-state index contributed by atoms with van der Waals surface area (Å²) in [5, 5.41) is 7.10. The van der Waals surface area contributed by atoms with Crippen LogP contribution in [0.5, 0.6) is 0 Å². The van der Waals surface area contributed by atoms with Crippen LogP contribution in [0, 0.1) is 3.57 Å². The molecule has 1 amide bonds. The molecule has 1 N–H and O–H groups in total. The summed E-state index contributed by atoms with van der Waals surface area (Å²) < 4.78 is 2.68. The number of aromatic nitrogens is 2. The van der Waals surface area contributed by atoms with Gasteiger partial charge in [0.05, 0.1) is 11.3 Å².